The van der Waals surface area contributed by atoms with Gasteiger partial charge in [-0.2, -0.15) is 0 Å². The molecule has 2 rings (SSSR count). The molecule has 0 bridgehead atoms. The highest BCUT2D eigenvalue weighted by atomic mass is 32.2. The van der Waals surface area contributed by atoms with E-state index in [1.165, 1.54) is 0 Å². The molecule has 2 unspecified atom stereocenters. The molecular weight excluding hydrogens is 232 g/mol. The van der Waals surface area contributed by atoms with Gasteiger partial charge in [-0.25, -0.2) is 0 Å². The van der Waals surface area contributed by atoms with Gasteiger partial charge in [-0.1, -0.05) is 13.8 Å². The Bertz CT molecular complexity index is 273. The summed E-state index contributed by atoms with van der Waals surface area (Å²) in [6, 6.07) is 1.92. The van der Waals surface area contributed by atoms with Gasteiger partial charge in [0.25, 0.3) is 0 Å². The summed E-state index contributed by atoms with van der Waals surface area (Å²) in [5.41, 5.74) is 0. The first-order valence-electron chi connectivity index (χ1n) is 6.92. The van der Waals surface area contributed by atoms with Gasteiger partial charge in [-0.05, 0) is 25.7 Å². The molecule has 0 aromatic carbocycles. The average Bonchev–Trinajstić information content (AvgIpc) is 2.29. The zero-order valence-corrected chi connectivity index (χ0v) is 12.1. The van der Waals surface area contributed by atoms with E-state index in [9.17, 15) is 4.21 Å². The standard InChI is InChI=1S/C13H26N2OS/c1-10(2)13-8-14-11(3)9-15(13)12-4-6-17(16)7-5-12/h10-14H,4-9H2,1-3H3. The zero-order chi connectivity index (χ0) is 12.4. The van der Waals surface area contributed by atoms with Crippen molar-refractivity contribution in [3.05, 3.63) is 0 Å². The first kappa shape index (κ1) is 13.5. The van der Waals surface area contributed by atoms with E-state index in [1.807, 2.05) is 0 Å². The lowest BCUT2D eigenvalue weighted by atomic mass is 9.95. The molecule has 2 heterocycles. The van der Waals surface area contributed by atoms with Crippen LogP contribution in [0.3, 0.4) is 0 Å². The maximum atomic E-state index is 11.5. The third kappa shape index (κ3) is 3.30. The van der Waals surface area contributed by atoms with Gasteiger partial charge >= 0.3 is 0 Å². The van der Waals surface area contributed by atoms with Crippen LogP contribution in [-0.2, 0) is 10.8 Å². The van der Waals surface area contributed by atoms with Gasteiger partial charge in [0.05, 0.1) is 0 Å². The van der Waals surface area contributed by atoms with E-state index in [-0.39, 0.29) is 0 Å². The monoisotopic (exact) mass is 258 g/mol. The minimum atomic E-state index is -0.538. The van der Waals surface area contributed by atoms with Crippen molar-refractivity contribution in [3.63, 3.8) is 0 Å². The smallest absolute Gasteiger partial charge is 0.0249 e. The lowest BCUT2D eigenvalue weighted by Crippen LogP contribution is -2.61. The Morgan fingerprint density at radius 3 is 2.53 bits per heavy atom. The molecule has 17 heavy (non-hydrogen) atoms. The predicted octanol–water partition coefficient (Wildman–Crippen LogP) is 1.22. The molecule has 2 saturated heterocycles. The summed E-state index contributed by atoms with van der Waals surface area (Å²) in [5.74, 6) is 2.52. The van der Waals surface area contributed by atoms with E-state index < -0.39 is 10.8 Å². The Balaban J connectivity index is 2.01. The molecule has 0 radical (unpaired) electrons. The van der Waals surface area contributed by atoms with Crippen molar-refractivity contribution in [3.8, 4) is 0 Å². The highest BCUT2D eigenvalue weighted by molar-refractivity contribution is 7.85. The van der Waals surface area contributed by atoms with Crippen molar-refractivity contribution in [1.82, 2.24) is 10.2 Å². The van der Waals surface area contributed by atoms with E-state index >= 15 is 0 Å². The van der Waals surface area contributed by atoms with Crippen molar-refractivity contribution in [1.29, 1.82) is 0 Å². The van der Waals surface area contributed by atoms with Gasteiger partial charge in [0.2, 0.25) is 0 Å². The van der Waals surface area contributed by atoms with Gasteiger partial charge in [0.1, 0.15) is 0 Å². The van der Waals surface area contributed by atoms with Gasteiger partial charge in [-0.3, -0.25) is 9.11 Å². The summed E-state index contributed by atoms with van der Waals surface area (Å²) in [6.45, 7) is 9.16. The van der Waals surface area contributed by atoms with Crippen LogP contribution in [0.15, 0.2) is 0 Å². The van der Waals surface area contributed by atoms with Gasteiger partial charge < -0.3 is 5.32 Å². The van der Waals surface area contributed by atoms with E-state index in [4.69, 9.17) is 0 Å². The number of nitrogens with one attached hydrogen (secondary N) is 1. The summed E-state index contributed by atoms with van der Waals surface area (Å²) in [5, 5.41) is 3.59. The molecule has 2 aliphatic heterocycles. The zero-order valence-electron chi connectivity index (χ0n) is 11.3. The first-order valence-corrected chi connectivity index (χ1v) is 8.41. The average molecular weight is 258 g/mol. The number of hydrogen-bond acceptors (Lipinski definition) is 3. The summed E-state index contributed by atoms with van der Waals surface area (Å²) < 4.78 is 11.5. The molecular formula is C13H26N2OS. The molecule has 2 atom stereocenters. The second-order valence-corrected chi connectivity index (χ2v) is 7.59. The van der Waals surface area contributed by atoms with Crippen LogP contribution in [0.2, 0.25) is 0 Å². The number of nitrogens with zero attached hydrogens (tertiary/aromatic N) is 1. The second-order valence-electron chi connectivity index (χ2n) is 5.90. The summed E-state index contributed by atoms with van der Waals surface area (Å²) in [4.78, 5) is 2.70. The van der Waals surface area contributed by atoms with Crippen LogP contribution in [0.25, 0.3) is 0 Å². The van der Waals surface area contributed by atoms with Crippen LogP contribution in [0.1, 0.15) is 33.6 Å². The molecule has 0 aromatic heterocycles. The molecule has 0 amide bonds. The molecule has 0 aromatic rings. The summed E-state index contributed by atoms with van der Waals surface area (Å²) in [6.07, 6.45) is 2.26. The minimum absolute atomic E-state index is 0.538. The third-order valence-electron chi connectivity index (χ3n) is 4.18. The molecule has 2 fully saturated rings. The quantitative estimate of drug-likeness (QED) is 0.808. The molecule has 0 aliphatic carbocycles. The van der Waals surface area contributed by atoms with E-state index in [1.54, 1.807) is 0 Å². The molecule has 0 saturated carbocycles. The fraction of sp³-hybridized carbons (Fsp3) is 1.00. The highest BCUT2D eigenvalue weighted by Gasteiger charge is 2.34. The largest absolute Gasteiger partial charge is 0.311 e. The fourth-order valence-corrected chi connectivity index (χ4v) is 4.38. The van der Waals surface area contributed by atoms with E-state index in [0.29, 0.717) is 24.0 Å². The lowest BCUT2D eigenvalue weighted by molar-refractivity contribution is 0.0547. The highest BCUT2D eigenvalue weighted by Crippen LogP contribution is 2.24. The van der Waals surface area contributed by atoms with Crippen LogP contribution in [0.4, 0.5) is 0 Å². The van der Waals surface area contributed by atoms with E-state index in [2.05, 4.69) is 31.0 Å². The van der Waals surface area contributed by atoms with Crippen LogP contribution in [0.5, 0.6) is 0 Å². The van der Waals surface area contributed by atoms with Crippen molar-refractivity contribution in [2.45, 2.75) is 51.7 Å². The predicted molar refractivity (Wildman–Crippen MR) is 73.7 cm³/mol. The number of hydrogen-bond donors (Lipinski definition) is 1. The Morgan fingerprint density at radius 2 is 1.94 bits per heavy atom. The number of rotatable bonds is 2. The first-order chi connectivity index (χ1) is 8.08. The van der Waals surface area contributed by atoms with Crippen molar-refractivity contribution >= 4 is 10.8 Å². The molecule has 0 spiro atoms. The third-order valence-corrected chi connectivity index (χ3v) is 5.56. The molecule has 4 heteroatoms. The molecule has 100 valence electrons. The van der Waals surface area contributed by atoms with Gasteiger partial charge in [0.15, 0.2) is 0 Å². The molecule has 2 aliphatic rings. The maximum absolute atomic E-state index is 11.5. The van der Waals surface area contributed by atoms with Crippen LogP contribution >= 0.6 is 0 Å². The maximum Gasteiger partial charge on any atom is 0.0249 e. The Labute approximate surface area is 108 Å². The molecule has 1 N–H and O–H groups in total. The SMILES string of the molecule is CC1CN(C2CCS(=O)CC2)C(C(C)C)CN1. The van der Waals surface area contributed by atoms with Gasteiger partial charge in [-0.15, -0.1) is 0 Å². The van der Waals surface area contributed by atoms with E-state index in [0.717, 1.165) is 37.4 Å². The Kier molecular flexibility index (Phi) is 4.61. The second kappa shape index (κ2) is 5.81. The molecule has 3 nitrogen and oxygen atoms in total. The van der Waals surface area contributed by atoms with Gasteiger partial charge in [0, 0.05) is 53.5 Å². The Morgan fingerprint density at radius 1 is 1.29 bits per heavy atom. The van der Waals surface area contributed by atoms with Crippen LogP contribution in [-0.4, -0.2) is 51.8 Å². The van der Waals surface area contributed by atoms with Crippen molar-refractivity contribution in [2.75, 3.05) is 24.6 Å². The lowest BCUT2D eigenvalue weighted by Gasteiger charge is -2.46. The van der Waals surface area contributed by atoms with Crippen molar-refractivity contribution in [2.24, 2.45) is 5.92 Å². The summed E-state index contributed by atoms with van der Waals surface area (Å²) >= 11 is 0. The Hall–Kier alpha value is 0.0700. The fourth-order valence-electron chi connectivity index (χ4n) is 3.11. The van der Waals surface area contributed by atoms with Crippen molar-refractivity contribution < 1.29 is 4.21 Å². The van der Waals surface area contributed by atoms with Crippen LogP contribution in [0, 0.1) is 5.92 Å². The topological polar surface area (TPSA) is 32.3 Å². The number of piperazine rings is 1. The minimum Gasteiger partial charge on any atom is -0.311 e. The normalized spacial score (nSPS) is 40.7. The van der Waals surface area contributed by atoms with Crippen LogP contribution < -0.4 is 5.32 Å². The summed E-state index contributed by atoms with van der Waals surface area (Å²) in [7, 11) is -0.538.